The molecule has 0 saturated carbocycles. The highest BCUT2D eigenvalue weighted by molar-refractivity contribution is 7.98. The minimum Gasteiger partial charge on any atom is -0.346 e. The van der Waals surface area contributed by atoms with Crippen molar-refractivity contribution in [1.29, 1.82) is 0 Å². The summed E-state index contributed by atoms with van der Waals surface area (Å²) in [6, 6.07) is 1.78. The Labute approximate surface area is 136 Å². The number of rotatable bonds is 3. The molecule has 1 saturated heterocycles. The largest absolute Gasteiger partial charge is 0.346 e. The van der Waals surface area contributed by atoms with Crippen molar-refractivity contribution in [3.8, 4) is 0 Å². The maximum Gasteiger partial charge on any atom is 0.267 e. The lowest BCUT2D eigenvalue weighted by atomic mass is 10.0. The lowest BCUT2D eigenvalue weighted by Gasteiger charge is -2.38. The Hall–Kier alpha value is -1.41. The highest BCUT2D eigenvalue weighted by atomic mass is 32.2. The molecule has 0 atom stereocenters. The third kappa shape index (κ3) is 2.65. The SMILES string of the molecule is Cc1nnc(N2CC(Cn3nc4c(cc3=O)CSCC4)C2)s1. The average Bonchev–Trinajstić information content (AvgIpc) is 2.88. The third-order valence-corrected chi connectivity index (χ3v) is 5.99. The van der Waals surface area contributed by atoms with E-state index in [-0.39, 0.29) is 5.56 Å². The molecule has 2 aliphatic heterocycles. The zero-order valence-electron chi connectivity index (χ0n) is 12.4. The van der Waals surface area contributed by atoms with Crippen LogP contribution in [0.5, 0.6) is 0 Å². The predicted molar refractivity (Wildman–Crippen MR) is 88.7 cm³/mol. The molecule has 2 aliphatic rings. The van der Waals surface area contributed by atoms with E-state index in [0.29, 0.717) is 12.5 Å². The Morgan fingerprint density at radius 2 is 2.23 bits per heavy atom. The Kier molecular flexibility index (Phi) is 3.65. The van der Waals surface area contributed by atoms with Gasteiger partial charge in [0.2, 0.25) is 5.13 Å². The van der Waals surface area contributed by atoms with Crippen LogP contribution in [-0.2, 0) is 18.7 Å². The van der Waals surface area contributed by atoms with Crippen molar-refractivity contribution < 1.29 is 0 Å². The second-order valence-electron chi connectivity index (χ2n) is 5.81. The summed E-state index contributed by atoms with van der Waals surface area (Å²) < 4.78 is 1.65. The molecule has 0 unspecified atom stereocenters. The number of aromatic nitrogens is 4. The first-order chi connectivity index (χ1) is 10.7. The minimum atomic E-state index is 0.0338. The zero-order valence-corrected chi connectivity index (χ0v) is 14.0. The first-order valence-electron chi connectivity index (χ1n) is 7.42. The van der Waals surface area contributed by atoms with E-state index in [9.17, 15) is 4.79 Å². The van der Waals surface area contributed by atoms with E-state index in [1.807, 2.05) is 18.7 Å². The molecule has 2 aromatic heterocycles. The summed E-state index contributed by atoms with van der Waals surface area (Å²) in [6.45, 7) is 4.52. The lowest BCUT2D eigenvalue weighted by Crippen LogP contribution is -2.49. The highest BCUT2D eigenvalue weighted by Crippen LogP contribution is 2.28. The summed E-state index contributed by atoms with van der Waals surface area (Å²) in [5.74, 6) is 2.49. The fourth-order valence-corrected chi connectivity index (χ4v) is 4.54. The van der Waals surface area contributed by atoms with Gasteiger partial charge in [-0.25, -0.2) is 4.68 Å². The number of hydrogen-bond donors (Lipinski definition) is 0. The average molecular weight is 335 g/mol. The van der Waals surface area contributed by atoms with Crippen LogP contribution in [0.15, 0.2) is 10.9 Å². The van der Waals surface area contributed by atoms with E-state index in [0.717, 1.165) is 52.4 Å². The molecular weight excluding hydrogens is 318 g/mol. The molecule has 0 N–H and O–H groups in total. The van der Waals surface area contributed by atoms with Gasteiger partial charge in [0.1, 0.15) is 5.01 Å². The highest BCUT2D eigenvalue weighted by Gasteiger charge is 2.30. The van der Waals surface area contributed by atoms with E-state index in [4.69, 9.17) is 0 Å². The monoisotopic (exact) mass is 335 g/mol. The molecule has 6 nitrogen and oxygen atoms in total. The summed E-state index contributed by atoms with van der Waals surface area (Å²) in [7, 11) is 0. The Morgan fingerprint density at radius 3 is 3.00 bits per heavy atom. The van der Waals surface area contributed by atoms with Crippen molar-refractivity contribution in [3.05, 3.63) is 32.7 Å². The molecule has 4 heterocycles. The molecule has 4 rings (SSSR count). The van der Waals surface area contributed by atoms with Crippen LogP contribution < -0.4 is 10.5 Å². The minimum absolute atomic E-state index is 0.0338. The standard InChI is InChI=1S/C14H17N5OS2/c1-9-15-16-14(22-9)18-5-10(6-18)7-19-13(20)4-11-8-21-3-2-12(11)17-19/h4,10H,2-3,5-8H2,1H3. The van der Waals surface area contributed by atoms with Gasteiger partial charge in [-0.2, -0.15) is 16.9 Å². The van der Waals surface area contributed by atoms with E-state index < -0.39 is 0 Å². The summed E-state index contributed by atoms with van der Waals surface area (Å²) in [4.78, 5) is 14.4. The van der Waals surface area contributed by atoms with Crippen LogP contribution in [0.3, 0.4) is 0 Å². The molecular formula is C14H17N5OS2. The van der Waals surface area contributed by atoms with Crippen LogP contribution in [0.4, 0.5) is 5.13 Å². The summed E-state index contributed by atoms with van der Waals surface area (Å²) >= 11 is 3.49. The number of anilines is 1. The van der Waals surface area contributed by atoms with Crippen LogP contribution in [-0.4, -0.2) is 38.8 Å². The molecule has 1 fully saturated rings. The molecule has 0 bridgehead atoms. The quantitative estimate of drug-likeness (QED) is 0.843. The van der Waals surface area contributed by atoms with Gasteiger partial charge >= 0.3 is 0 Å². The van der Waals surface area contributed by atoms with Crippen molar-refractivity contribution >= 4 is 28.2 Å². The maximum absolute atomic E-state index is 12.2. The molecule has 0 spiro atoms. The topological polar surface area (TPSA) is 63.9 Å². The fourth-order valence-electron chi connectivity index (χ4n) is 2.88. The van der Waals surface area contributed by atoms with Gasteiger partial charge < -0.3 is 4.90 Å². The molecule has 0 aromatic carbocycles. The van der Waals surface area contributed by atoms with Gasteiger partial charge in [0.05, 0.1) is 12.2 Å². The molecule has 8 heteroatoms. The van der Waals surface area contributed by atoms with Crippen molar-refractivity contribution in [3.63, 3.8) is 0 Å². The fraction of sp³-hybridized carbons (Fsp3) is 0.571. The second kappa shape index (κ2) is 5.66. The molecule has 2 aromatic rings. The Bertz CT molecular complexity index is 750. The van der Waals surface area contributed by atoms with Crippen molar-refractivity contribution in [2.24, 2.45) is 5.92 Å². The number of aryl methyl sites for hydroxylation is 2. The molecule has 116 valence electrons. The van der Waals surface area contributed by atoms with Crippen LogP contribution in [0.25, 0.3) is 0 Å². The smallest absolute Gasteiger partial charge is 0.267 e. The van der Waals surface area contributed by atoms with Gasteiger partial charge in [-0.3, -0.25) is 4.79 Å². The maximum atomic E-state index is 12.2. The van der Waals surface area contributed by atoms with Crippen molar-refractivity contribution in [2.75, 3.05) is 23.7 Å². The van der Waals surface area contributed by atoms with Gasteiger partial charge in [-0.15, -0.1) is 10.2 Å². The molecule has 0 radical (unpaired) electrons. The zero-order chi connectivity index (χ0) is 15.1. The lowest BCUT2D eigenvalue weighted by molar-refractivity contribution is 0.332. The van der Waals surface area contributed by atoms with Gasteiger partial charge in [-0.05, 0) is 18.2 Å². The van der Waals surface area contributed by atoms with Gasteiger partial charge in [0.15, 0.2) is 0 Å². The molecule has 22 heavy (non-hydrogen) atoms. The van der Waals surface area contributed by atoms with E-state index in [2.05, 4.69) is 20.2 Å². The van der Waals surface area contributed by atoms with Crippen LogP contribution in [0, 0.1) is 12.8 Å². The first-order valence-corrected chi connectivity index (χ1v) is 9.39. The van der Waals surface area contributed by atoms with Gasteiger partial charge in [0, 0.05) is 37.2 Å². The van der Waals surface area contributed by atoms with Crippen molar-refractivity contribution in [1.82, 2.24) is 20.0 Å². The van der Waals surface area contributed by atoms with E-state index in [1.165, 1.54) is 0 Å². The van der Waals surface area contributed by atoms with Crippen LogP contribution in [0.2, 0.25) is 0 Å². The summed E-state index contributed by atoms with van der Waals surface area (Å²) in [6.07, 6.45) is 0.973. The number of hydrogen-bond acceptors (Lipinski definition) is 7. The van der Waals surface area contributed by atoms with Crippen LogP contribution in [0.1, 0.15) is 16.3 Å². The number of fused-ring (bicyclic) bond motifs is 1. The van der Waals surface area contributed by atoms with Crippen molar-refractivity contribution in [2.45, 2.75) is 25.6 Å². The summed E-state index contributed by atoms with van der Waals surface area (Å²) in [5.41, 5.74) is 2.26. The van der Waals surface area contributed by atoms with E-state index in [1.54, 1.807) is 22.1 Å². The third-order valence-electron chi connectivity index (χ3n) is 4.08. The van der Waals surface area contributed by atoms with Gasteiger partial charge in [0.25, 0.3) is 5.56 Å². The Morgan fingerprint density at radius 1 is 1.36 bits per heavy atom. The van der Waals surface area contributed by atoms with Crippen LogP contribution >= 0.6 is 23.1 Å². The molecule has 0 aliphatic carbocycles. The Balaban J connectivity index is 1.43. The second-order valence-corrected chi connectivity index (χ2v) is 8.08. The first kappa shape index (κ1) is 14.2. The van der Waals surface area contributed by atoms with E-state index >= 15 is 0 Å². The summed E-state index contributed by atoms with van der Waals surface area (Å²) in [5, 5.41) is 14.8. The normalized spacial score (nSPS) is 18.1. The predicted octanol–water partition coefficient (Wildman–Crippen LogP) is 1.33. The number of nitrogens with zero attached hydrogens (tertiary/aromatic N) is 5. The number of thioether (sulfide) groups is 1. The molecule has 0 amide bonds. The van der Waals surface area contributed by atoms with Gasteiger partial charge in [-0.1, -0.05) is 11.3 Å².